The Morgan fingerprint density at radius 1 is 0.917 bits per heavy atom. The molecule has 2 aromatic heterocycles. The summed E-state index contributed by atoms with van der Waals surface area (Å²) < 4.78 is 16.5. The molecule has 0 radical (unpaired) electrons. The monoisotopic (exact) mass is 506 g/mol. The summed E-state index contributed by atoms with van der Waals surface area (Å²) in [6, 6.07) is 15.0. The summed E-state index contributed by atoms with van der Waals surface area (Å²) in [6.07, 6.45) is 3.30. The van der Waals surface area contributed by atoms with Crippen molar-refractivity contribution in [3.63, 3.8) is 0 Å². The summed E-state index contributed by atoms with van der Waals surface area (Å²) in [4.78, 5) is 25.5. The second kappa shape index (κ2) is 11.2. The first-order valence-corrected chi connectivity index (χ1v) is 11.1. The molecule has 2 heterocycles. The van der Waals surface area contributed by atoms with E-state index in [4.69, 9.17) is 25.8 Å². The lowest BCUT2D eigenvalue weighted by molar-refractivity contribution is 0.262. The van der Waals surface area contributed by atoms with Crippen molar-refractivity contribution >= 4 is 35.0 Å². The Kier molecular flexibility index (Phi) is 7.66. The molecule has 0 fully saturated rings. The Hall–Kier alpha value is -4.57. The van der Waals surface area contributed by atoms with E-state index in [2.05, 4.69) is 30.9 Å². The fourth-order valence-corrected chi connectivity index (χ4v) is 3.50. The molecule has 0 aliphatic carbocycles. The molecule has 0 spiro atoms. The third-order valence-electron chi connectivity index (χ3n) is 4.98. The Balaban J connectivity index is 1.45. The van der Waals surface area contributed by atoms with Crippen molar-refractivity contribution < 1.29 is 19.0 Å². The van der Waals surface area contributed by atoms with E-state index in [1.165, 1.54) is 14.2 Å². The van der Waals surface area contributed by atoms with Gasteiger partial charge in [-0.3, -0.25) is 0 Å². The minimum absolute atomic E-state index is 0.341. The zero-order chi connectivity index (χ0) is 25.5. The molecule has 184 valence electrons. The normalized spacial score (nSPS) is 10.3. The average molecular weight is 507 g/mol. The van der Waals surface area contributed by atoms with Crippen molar-refractivity contribution in [1.29, 1.82) is 0 Å². The first-order chi connectivity index (χ1) is 17.5. The van der Waals surface area contributed by atoms with E-state index in [1.54, 1.807) is 68.0 Å². The van der Waals surface area contributed by atoms with Gasteiger partial charge in [-0.05, 0) is 48.5 Å². The van der Waals surface area contributed by atoms with Crippen LogP contribution in [0.15, 0.2) is 67.0 Å². The Morgan fingerprint density at radius 2 is 1.69 bits per heavy atom. The first kappa shape index (κ1) is 24.6. The van der Waals surface area contributed by atoms with Crippen LogP contribution in [0.5, 0.6) is 23.1 Å². The molecule has 36 heavy (non-hydrogen) atoms. The van der Waals surface area contributed by atoms with E-state index in [9.17, 15) is 4.79 Å². The van der Waals surface area contributed by atoms with Gasteiger partial charge >= 0.3 is 6.03 Å². The number of rotatable bonds is 8. The van der Waals surface area contributed by atoms with Crippen LogP contribution in [0.3, 0.4) is 0 Å². The van der Waals surface area contributed by atoms with Crippen molar-refractivity contribution in [2.75, 3.05) is 37.2 Å². The number of halogens is 1. The van der Waals surface area contributed by atoms with Gasteiger partial charge < -0.3 is 30.2 Å². The zero-order valence-corrected chi connectivity index (χ0v) is 20.5. The Labute approximate surface area is 212 Å². The van der Waals surface area contributed by atoms with Gasteiger partial charge in [-0.15, -0.1) is 0 Å². The van der Waals surface area contributed by atoms with Gasteiger partial charge in [0.05, 0.1) is 36.2 Å². The number of urea groups is 1. The number of nitrogens with one attached hydrogen (secondary N) is 3. The topological polar surface area (TPSA) is 120 Å². The smallest absolute Gasteiger partial charge is 0.323 e. The summed E-state index contributed by atoms with van der Waals surface area (Å²) in [7, 11) is 4.73. The molecule has 0 aliphatic rings. The lowest BCUT2D eigenvalue weighted by atomic mass is 10.2. The minimum Gasteiger partial charge on any atom is -0.495 e. The third-order valence-corrected chi connectivity index (χ3v) is 5.27. The van der Waals surface area contributed by atoms with Crippen LogP contribution in [0.25, 0.3) is 11.3 Å². The van der Waals surface area contributed by atoms with E-state index in [1.807, 2.05) is 6.07 Å². The molecule has 0 saturated heterocycles. The molecule has 0 unspecified atom stereocenters. The summed E-state index contributed by atoms with van der Waals surface area (Å²) in [5.74, 6) is 2.26. The molecule has 0 bridgehead atoms. The Morgan fingerprint density at radius 3 is 2.42 bits per heavy atom. The number of hydrogen-bond acceptors (Lipinski definition) is 8. The van der Waals surface area contributed by atoms with Crippen LogP contribution >= 0.6 is 11.6 Å². The molecular weight excluding hydrogens is 484 g/mol. The van der Waals surface area contributed by atoms with E-state index in [0.29, 0.717) is 56.7 Å². The quantitative estimate of drug-likeness (QED) is 0.279. The van der Waals surface area contributed by atoms with Gasteiger partial charge in [0.1, 0.15) is 17.2 Å². The highest BCUT2D eigenvalue weighted by Gasteiger charge is 2.14. The highest BCUT2D eigenvalue weighted by atomic mass is 35.5. The molecule has 0 aliphatic heterocycles. The SMILES string of the molecule is CNc1nccc(-c2cccnc2Oc2ccc(NC(=O)Nc3cc(Cl)c(OC)cc3OC)cc2)n1. The van der Waals surface area contributed by atoms with Gasteiger partial charge in [0.15, 0.2) is 0 Å². The maximum Gasteiger partial charge on any atom is 0.323 e. The van der Waals surface area contributed by atoms with Crippen LogP contribution in [0.2, 0.25) is 5.02 Å². The molecular formula is C25H23ClN6O4. The molecule has 4 rings (SSSR count). The van der Waals surface area contributed by atoms with Crippen LogP contribution in [0, 0.1) is 0 Å². The van der Waals surface area contributed by atoms with Gasteiger partial charge in [-0.1, -0.05) is 11.6 Å². The summed E-state index contributed by atoms with van der Waals surface area (Å²) in [6.45, 7) is 0. The molecule has 11 heteroatoms. The van der Waals surface area contributed by atoms with Crippen LogP contribution < -0.4 is 30.2 Å². The number of amides is 2. The van der Waals surface area contributed by atoms with Crippen LogP contribution in [0.4, 0.5) is 22.1 Å². The molecule has 0 saturated carbocycles. The molecule has 3 N–H and O–H groups in total. The number of aromatic nitrogens is 3. The van der Waals surface area contributed by atoms with Crippen LogP contribution in [-0.4, -0.2) is 42.3 Å². The van der Waals surface area contributed by atoms with Gasteiger partial charge in [-0.25, -0.2) is 19.7 Å². The third kappa shape index (κ3) is 5.73. The molecule has 10 nitrogen and oxygen atoms in total. The first-order valence-electron chi connectivity index (χ1n) is 10.7. The summed E-state index contributed by atoms with van der Waals surface area (Å²) in [5, 5.41) is 8.73. The number of pyridine rings is 1. The maximum atomic E-state index is 12.5. The Bertz CT molecular complexity index is 1370. The second-order valence-corrected chi connectivity index (χ2v) is 7.67. The average Bonchev–Trinajstić information content (AvgIpc) is 2.90. The highest BCUT2D eigenvalue weighted by Crippen LogP contribution is 2.36. The predicted molar refractivity (Wildman–Crippen MR) is 139 cm³/mol. The standard InChI is InChI=1S/C25H23ClN6O4/c1-27-24-29-12-10-19(31-24)17-5-4-11-28-23(17)36-16-8-6-15(7-9-16)30-25(33)32-20-13-18(26)21(34-2)14-22(20)35-3/h4-14H,1-3H3,(H,27,29,31)(H2,30,32,33). The number of methoxy groups -OCH3 is 2. The van der Waals surface area contributed by atoms with E-state index in [0.717, 1.165) is 0 Å². The van der Waals surface area contributed by atoms with E-state index < -0.39 is 6.03 Å². The van der Waals surface area contributed by atoms with Crippen LogP contribution in [0.1, 0.15) is 0 Å². The molecule has 4 aromatic rings. The van der Waals surface area contributed by atoms with Gasteiger partial charge in [0, 0.05) is 31.2 Å². The van der Waals surface area contributed by atoms with Crippen molar-refractivity contribution in [2.24, 2.45) is 0 Å². The number of ether oxygens (including phenoxy) is 3. The lowest BCUT2D eigenvalue weighted by Gasteiger charge is -2.14. The van der Waals surface area contributed by atoms with Crippen molar-refractivity contribution in [3.8, 4) is 34.4 Å². The summed E-state index contributed by atoms with van der Waals surface area (Å²) >= 11 is 6.17. The number of carbonyl (C=O) groups is 1. The molecule has 2 amide bonds. The van der Waals surface area contributed by atoms with Crippen molar-refractivity contribution in [2.45, 2.75) is 0 Å². The predicted octanol–water partition coefficient (Wildman–Crippen LogP) is 5.69. The van der Waals surface area contributed by atoms with E-state index in [-0.39, 0.29) is 0 Å². The largest absolute Gasteiger partial charge is 0.495 e. The highest BCUT2D eigenvalue weighted by molar-refractivity contribution is 6.32. The lowest BCUT2D eigenvalue weighted by Crippen LogP contribution is -2.19. The van der Waals surface area contributed by atoms with Crippen LogP contribution in [-0.2, 0) is 0 Å². The second-order valence-electron chi connectivity index (χ2n) is 7.26. The number of carbonyl (C=O) groups excluding carboxylic acids is 1. The van der Waals surface area contributed by atoms with Gasteiger partial charge in [-0.2, -0.15) is 0 Å². The molecule has 2 aromatic carbocycles. The number of hydrogen-bond donors (Lipinski definition) is 3. The number of benzene rings is 2. The summed E-state index contributed by atoms with van der Waals surface area (Å²) in [5.41, 5.74) is 2.33. The maximum absolute atomic E-state index is 12.5. The van der Waals surface area contributed by atoms with Crippen molar-refractivity contribution in [1.82, 2.24) is 15.0 Å². The van der Waals surface area contributed by atoms with Gasteiger partial charge in [0.2, 0.25) is 11.8 Å². The number of anilines is 3. The van der Waals surface area contributed by atoms with Gasteiger partial charge in [0.25, 0.3) is 0 Å². The number of nitrogens with zero attached hydrogens (tertiary/aromatic N) is 3. The zero-order valence-electron chi connectivity index (χ0n) is 19.7. The minimum atomic E-state index is -0.473. The molecule has 0 atom stereocenters. The van der Waals surface area contributed by atoms with Crippen molar-refractivity contribution in [3.05, 3.63) is 72.0 Å². The fourth-order valence-electron chi connectivity index (χ4n) is 3.26. The van der Waals surface area contributed by atoms with E-state index >= 15 is 0 Å². The fraction of sp³-hybridized carbons (Fsp3) is 0.120.